The smallest absolute Gasteiger partial charge is 0.336 e. The van der Waals surface area contributed by atoms with Crippen molar-refractivity contribution in [3.8, 4) is 5.75 Å². The Morgan fingerprint density at radius 1 is 1.33 bits per heavy atom. The normalized spacial score (nSPS) is 12.4. The first-order valence-corrected chi connectivity index (χ1v) is 5.69. The molecular formula is C14H14O4. The molecule has 0 aliphatic rings. The minimum Gasteiger partial charge on any atom is -0.483 e. The molecule has 0 bridgehead atoms. The number of benzene rings is 1. The van der Waals surface area contributed by atoms with E-state index in [9.17, 15) is 9.59 Å². The van der Waals surface area contributed by atoms with Gasteiger partial charge in [0, 0.05) is 11.5 Å². The third kappa shape index (κ3) is 2.42. The summed E-state index contributed by atoms with van der Waals surface area (Å²) in [5.41, 5.74) is 0.968. The summed E-state index contributed by atoms with van der Waals surface area (Å²) < 4.78 is 10.6. The highest BCUT2D eigenvalue weighted by atomic mass is 16.5. The summed E-state index contributed by atoms with van der Waals surface area (Å²) in [4.78, 5) is 22.4. The largest absolute Gasteiger partial charge is 0.483 e. The molecule has 0 aliphatic heterocycles. The van der Waals surface area contributed by atoms with Crippen molar-refractivity contribution in [2.45, 2.75) is 26.9 Å². The molecule has 1 heterocycles. The molecule has 0 radical (unpaired) electrons. The number of carbonyl (C=O) groups excluding carboxylic acids is 1. The van der Waals surface area contributed by atoms with Gasteiger partial charge in [0.2, 0.25) is 0 Å². The van der Waals surface area contributed by atoms with E-state index in [1.54, 1.807) is 25.1 Å². The number of aryl methyl sites for hydroxylation is 1. The van der Waals surface area contributed by atoms with Crippen molar-refractivity contribution in [1.82, 2.24) is 0 Å². The Morgan fingerprint density at radius 2 is 2.06 bits per heavy atom. The summed E-state index contributed by atoms with van der Waals surface area (Å²) in [7, 11) is 0. The average Bonchev–Trinajstić information content (AvgIpc) is 2.29. The Hall–Kier alpha value is -2.10. The van der Waals surface area contributed by atoms with Crippen molar-refractivity contribution in [2.24, 2.45) is 0 Å². The topological polar surface area (TPSA) is 56.5 Å². The Kier molecular flexibility index (Phi) is 3.19. The van der Waals surface area contributed by atoms with E-state index < -0.39 is 6.10 Å². The number of ketones is 1. The number of Topliss-reactive ketones (excluding diaryl/α,β-unsaturated/α-hetero) is 1. The highest BCUT2D eigenvalue weighted by Gasteiger charge is 2.10. The van der Waals surface area contributed by atoms with E-state index in [4.69, 9.17) is 9.15 Å². The van der Waals surface area contributed by atoms with Gasteiger partial charge in [-0.1, -0.05) is 0 Å². The van der Waals surface area contributed by atoms with Gasteiger partial charge in [0.15, 0.2) is 11.9 Å². The number of rotatable bonds is 3. The van der Waals surface area contributed by atoms with Crippen molar-refractivity contribution < 1.29 is 13.9 Å². The van der Waals surface area contributed by atoms with Crippen molar-refractivity contribution >= 4 is 16.8 Å². The first-order chi connectivity index (χ1) is 8.47. The van der Waals surface area contributed by atoms with Crippen LogP contribution in [0.15, 0.2) is 33.5 Å². The molecule has 4 nitrogen and oxygen atoms in total. The molecule has 2 rings (SSSR count). The molecule has 0 aliphatic carbocycles. The van der Waals surface area contributed by atoms with Crippen LogP contribution in [0, 0.1) is 6.92 Å². The average molecular weight is 246 g/mol. The van der Waals surface area contributed by atoms with E-state index in [0.29, 0.717) is 11.3 Å². The Bertz CT molecular complexity index is 654. The van der Waals surface area contributed by atoms with E-state index in [1.165, 1.54) is 13.0 Å². The molecule has 0 amide bonds. The fraction of sp³-hybridized carbons (Fsp3) is 0.286. The molecule has 0 N–H and O–H groups in total. The second-order valence-corrected chi connectivity index (χ2v) is 4.28. The van der Waals surface area contributed by atoms with E-state index in [-0.39, 0.29) is 11.4 Å². The predicted octanol–water partition coefficient (Wildman–Crippen LogP) is 2.46. The molecule has 0 fully saturated rings. The molecule has 1 unspecified atom stereocenters. The number of hydrogen-bond donors (Lipinski definition) is 0. The molecule has 1 aromatic carbocycles. The third-order valence-electron chi connectivity index (χ3n) is 2.81. The van der Waals surface area contributed by atoms with Crippen LogP contribution in [0.1, 0.15) is 19.4 Å². The molecular weight excluding hydrogens is 232 g/mol. The van der Waals surface area contributed by atoms with E-state index in [2.05, 4.69) is 0 Å². The summed E-state index contributed by atoms with van der Waals surface area (Å²) in [5, 5.41) is 0.808. The van der Waals surface area contributed by atoms with Crippen LogP contribution in [0.5, 0.6) is 5.75 Å². The van der Waals surface area contributed by atoms with Crippen LogP contribution in [0.2, 0.25) is 0 Å². The summed E-state index contributed by atoms with van der Waals surface area (Å²) >= 11 is 0. The monoisotopic (exact) mass is 246 g/mol. The van der Waals surface area contributed by atoms with Gasteiger partial charge < -0.3 is 9.15 Å². The second-order valence-electron chi connectivity index (χ2n) is 4.28. The van der Waals surface area contributed by atoms with Crippen LogP contribution in [-0.2, 0) is 4.79 Å². The molecule has 0 spiro atoms. The maximum absolute atomic E-state index is 11.2. The zero-order valence-electron chi connectivity index (χ0n) is 10.5. The van der Waals surface area contributed by atoms with Gasteiger partial charge in [-0.15, -0.1) is 0 Å². The van der Waals surface area contributed by atoms with Gasteiger partial charge in [0.1, 0.15) is 11.3 Å². The molecule has 1 atom stereocenters. The minimum absolute atomic E-state index is 0.0357. The van der Waals surface area contributed by atoms with Crippen LogP contribution in [0.4, 0.5) is 0 Å². The lowest BCUT2D eigenvalue weighted by atomic mass is 10.1. The first-order valence-electron chi connectivity index (χ1n) is 5.69. The summed E-state index contributed by atoms with van der Waals surface area (Å²) in [5.74, 6) is 0.550. The Morgan fingerprint density at radius 3 is 2.72 bits per heavy atom. The minimum atomic E-state index is -0.488. The number of hydrogen-bond acceptors (Lipinski definition) is 4. The zero-order valence-corrected chi connectivity index (χ0v) is 10.5. The number of ether oxygens (including phenoxy) is 1. The molecule has 0 saturated heterocycles. The van der Waals surface area contributed by atoms with E-state index >= 15 is 0 Å². The van der Waals surface area contributed by atoms with Gasteiger partial charge in [0.05, 0.1) is 0 Å². The predicted molar refractivity (Wildman–Crippen MR) is 68.0 cm³/mol. The van der Waals surface area contributed by atoms with E-state index in [1.807, 2.05) is 6.92 Å². The van der Waals surface area contributed by atoms with Gasteiger partial charge in [0.25, 0.3) is 0 Å². The maximum Gasteiger partial charge on any atom is 0.336 e. The van der Waals surface area contributed by atoms with Gasteiger partial charge >= 0.3 is 5.63 Å². The van der Waals surface area contributed by atoms with Crippen LogP contribution >= 0.6 is 0 Å². The lowest BCUT2D eigenvalue weighted by molar-refractivity contribution is -0.122. The molecule has 0 saturated carbocycles. The lowest BCUT2D eigenvalue weighted by Gasteiger charge is -2.12. The van der Waals surface area contributed by atoms with Gasteiger partial charge in [-0.3, -0.25) is 4.79 Å². The fourth-order valence-corrected chi connectivity index (χ4v) is 1.66. The quantitative estimate of drug-likeness (QED) is 0.780. The maximum atomic E-state index is 11.2. The molecule has 18 heavy (non-hydrogen) atoms. The zero-order chi connectivity index (χ0) is 13.3. The SMILES string of the molecule is CC(=O)C(C)Oc1ccc2oc(=O)cc(C)c2c1. The van der Waals surface area contributed by atoms with Gasteiger partial charge in [-0.05, 0) is 44.5 Å². The highest BCUT2D eigenvalue weighted by molar-refractivity contribution is 5.82. The first kappa shape index (κ1) is 12.4. The highest BCUT2D eigenvalue weighted by Crippen LogP contribution is 2.23. The summed E-state index contributed by atoms with van der Waals surface area (Å²) in [6.07, 6.45) is -0.488. The molecule has 4 heteroatoms. The molecule has 2 aromatic rings. The van der Waals surface area contributed by atoms with Crippen molar-refractivity contribution in [1.29, 1.82) is 0 Å². The standard InChI is InChI=1S/C14H14O4/c1-8-6-14(16)18-13-5-4-11(7-12(8)13)17-10(3)9(2)15/h4-7,10H,1-3H3. The van der Waals surface area contributed by atoms with Crippen molar-refractivity contribution in [2.75, 3.05) is 0 Å². The Balaban J connectivity index is 2.44. The fourth-order valence-electron chi connectivity index (χ4n) is 1.66. The molecule has 1 aromatic heterocycles. The van der Waals surface area contributed by atoms with Crippen LogP contribution < -0.4 is 10.4 Å². The van der Waals surface area contributed by atoms with Crippen LogP contribution in [0.3, 0.4) is 0 Å². The third-order valence-corrected chi connectivity index (χ3v) is 2.81. The van der Waals surface area contributed by atoms with Gasteiger partial charge in [-0.25, -0.2) is 4.79 Å². The lowest BCUT2D eigenvalue weighted by Crippen LogP contribution is -2.20. The Labute approximate surface area is 104 Å². The van der Waals surface area contributed by atoms with Crippen LogP contribution in [-0.4, -0.2) is 11.9 Å². The number of carbonyl (C=O) groups is 1. The van der Waals surface area contributed by atoms with E-state index in [0.717, 1.165) is 10.9 Å². The van der Waals surface area contributed by atoms with Crippen molar-refractivity contribution in [3.63, 3.8) is 0 Å². The second kappa shape index (κ2) is 4.64. The summed E-state index contributed by atoms with van der Waals surface area (Å²) in [6.45, 7) is 5.01. The van der Waals surface area contributed by atoms with Crippen molar-refractivity contribution in [3.05, 3.63) is 40.2 Å². The van der Waals surface area contributed by atoms with Gasteiger partial charge in [-0.2, -0.15) is 0 Å². The number of fused-ring (bicyclic) bond motifs is 1. The van der Waals surface area contributed by atoms with Crippen LogP contribution in [0.25, 0.3) is 11.0 Å². The molecule has 94 valence electrons. The summed E-state index contributed by atoms with van der Waals surface area (Å²) in [6, 6.07) is 6.56.